The number of allylic oxidation sites excluding steroid dienone is 2. The Balaban J connectivity index is 3.14. The number of hydrogen-bond donors (Lipinski definition) is 0. The van der Waals surface area contributed by atoms with Gasteiger partial charge in [-0.3, -0.25) is 0 Å². The zero-order valence-electron chi connectivity index (χ0n) is 7.90. The lowest BCUT2D eigenvalue weighted by atomic mass is 10.0. The van der Waals surface area contributed by atoms with Crippen LogP contribution in [0.15, 0.2) is 24.8 Å². The molecule has 0 amide bonds. The lowest BCUT2D eigenvalue weighted by Crippen LogP contribution is -1.87. The topological polar surface area (TPSA) is 0 Å². The van der Waals surface area contributed by atoms with Gasteiger partial charge in [0.05, 0.1) is 0 Å². The monoisotopic (exact) mass is 152 g/mol. The van der Waals surface area contributed by atoms with E-state index in [2.05, 4.69) is 27.0 Å². The standard InChI is InChI=1S/C11H20/c1-5-11(4)9-7-6-8-10(2)3/h5,10H,1,4,6-9H2,2-3H3. The molecule has 0 heterocycles. The fraction of sp³-hybridized carbons (Fsp3) is 0.636. The fourth-order valence-corrected chi connectivity index (χ4v) is 1.01. The van der Waals surface area contributed by atoms with Crippen LogP contribution in [-0.2, 0) is 0 Å². The quantitative estimate of drug-likeness (QED) is 0.399. The summed E-state index contributed by atoms with van der Waals surface area (Å²) in [5, 5.41) is 0. The average molecular weight is 152 g/mol. The molecule has 0 nitrogen and oxygen atoms in total. The van der Waals surface area contributed by atoms with Gasteiger partial charge in [-0.2, -0.15) is 0 Å². The molecule has 0 unspecified atom stereocenters. The predicted octanol–water partition coefficient (Wildman–Crippen LogP) is 3.95. The Labute approximate surface area is 71.0 Å². The van der Waals surface area contributed by atoms with Crippen LogP contribution in [-0.4, -0.2) is 0 Å². The van der Waals surface area contributed by atoms with Crippen molar-refractivity contribution in [3.63, 3.8) is 0 Å². The molecule has 0 rings (SSSR count). The summed E-state index contributed by atoms with van der Waals surface area (Å²) in [5.41, 5.74) is 1.17. The summed E-state index contributed by atoms with van der Waals surface area (Å²) in [7, 11) is 0. The number of hydrogen-bond acceptors (Lipinski definition) is 0. The van der Waals surface area contributed by atoms with Gasteiger partial charge in [-0.1, -0.05) is 51.5 Å². The van der Waals surface area contributed by atoms with Crippen molar-refractivity contribution in [3.8, 4) is 0 Å². The van der Waals surface area contributed by atoms with E-state index in [9.17, 15) is 0 Å². The molecule has 0 atom stereocenters. The number of unbranched alkanes of at least 4 members (excludes halogenated alkanes) is 1. The summed E-state index contributed by atoms with van der Waals surface area (Å²) < 4.78 is 0. The molecule has 0 aromatic heterocycles. The van der Waals surface area contributed by atoms with Crippen molar-refractivity contribution in [1.82, 2.24) is 0 Å². The zero-order valence-corrected chi connectivity index (χ0v) is 7.90. The van der Waals surface area contributed by atoms with Crippen LogP contribution < -0.4 is 0 Å². The Morgan fingerprint density at radius 2 is 2.00 bits per heavy atom. The summed E-state index contributed by atoms with van der Waals surface area (Å²) in [5.74, 6) is 0.840. The van der Waals surface area contributed by atoms with E-state index < -0.39 is 0 Å². The van der Waals surface area contributed by atoms with Gasteiger partial charge < -0.3 is 0 Å². The molecule has 0 saturated carbocycles. The second-order valence-corrected chi connectivity index (χ2v) is 3.50. The Morgan fingerprint density at radius 1 is 1.36 bits per heavy atom. The molecule has 64 valence electrons. The van der Waals surface area contributed by atoms with E-state index in [-0.39, 0.29) is 0 Å². The molecule has 0 radical (unpaired) electrons. The van der Waals surface area contributed by atoms with E-state index in [1.165, 1.54) is 24.8 Å². The molecule has 0 aliphatic carbocycles. The van der Waals surface area contributed by atoms with Gasteiger partial charge in [-0.15, -0.1) is 0 Å². The fourth-order valence-electron chi connectivity index (χ4n) is 1.01. The summed E-state index contributed by atoms with van der Waals surface area (Å²) in [6, 6.07) is 0. The van der Waals surface area contributed by atoms with E-state index in [1.807, 2.05) is 6.08 Å². The summed E-state index contributed by atoms with van der Waals surface area (Å²) in [4.78, 5) is 0. The first-order valence-electron chi connectivity index (χ1n) is 4.47. The maximum Gasteiger partial charge on any atom is -0.0285 e. The van der Waals surface area contributed by atoms with Gasteiger partial charge >= 0.3 is 0 Å². The average Bonchev–Trinajstić information content (AvgIpc) is 1.97. The molecule has 11 heavy (non-hydrogen) atoms. The molecule has 0 spiro atoms. The molecule has 0 aliphatic rings. The highest BCUT2D eigenvalue weighted by molar-refractivity contribution is 5.10. The normalized spacial score (nSPS) is 10.1. The third kappa shape index (κ3) is 7.38. The summed E-state index contributed by atoms with van der Waals surface area (Å²) in [6.07, 6.45) is 6.91. The van der Waals surface area contributed by atoms with Crippen LogP contribution in [0.2, 0.25) is 0 Å². The van der Waals surface area contributed by atoms with E-state index >= 15 is 0 Å². The van der Waals surface area contributed by atoms with Crippen molar-refractivity contribution >= 4 is 0 Å². The third-order valence-electron chi connectivity index (χ3n) is 1.82. The smallest absolute Gasteiger partial charge is 0.0285 e. The second-order valence-electron chi connectivity index (χ2n) is 3.50. The number of rotatable bonds is 6. The van der Waals surface area contributed by atoms with Gasteiger partial charge in [0.1, 0.15) is 0 Å². The Morgan fingerprint density at radius 3 is 2.45 bits per heavy atom. The van der Waals surface area contributed by atoms with Crippen LogP contribution in [0.3, 0.4) is 0 Å². The maximum atomic E-state index is 3.87. The molecule has 0 bridgehead atoms. The minimum absolute atomic E-state index is 0.840. The molecule has 0 saturated heterocycles. The van der Waals surface area contributed by atoms with Crippen LogP contribution in [0, 0.1) is 5.92 Å². The molecular formula is C11H20. The highest BCUT2D eigenvalue weighted by Gasteiger charge is 1.94. The molecule has 0 fully saturated rings. The minimum Gasteiger partial charge on any atom is -0.0988 e. The van der Waals surface area contributed by atoms with Crippen molar-refractivity contribution in [2.24, 2.45) is 5.92 Å². The molecule has 0 aromatic carbocycles. The van der Waals surface area contributed by atoms with Crippen molar-refractivity contribution in [3.05, 3.63) is 24.8 Å². The Hall–Kier alpha value is -0.520. The van der Waals surface area contributed by atoms with Gasteiger partial charge in [0.25, 0.3) is 0 Å². The van der Waals surface area contributed by atoms with Gasteiger partial charge in [-0.25, -0.2) is 0 Å². The molecular weight excluding hydrogens is 132 g/mol. The van der Waals surface area contributed by atoms with E-state index in [4.69, 9.17) is 0 Å². The predicted molar refractivity (Wildman–Crippen MR) is 52.6 cm³/mol. The van der Waals surface area contributed by atoms with E-state index in [0.29, 0.717) is 0 Å². The van der Waals surface area contributed by atoms with Crippen LogP contribution >= 0.6 is 0 Å². The molecule has 0 aliphatic heterocycles. The van der Waals surface area contributed by atoms with Gasteiger partial charge in [0.15, 0.2) is 0 Å². The van der Waals surface area contributed by atoms with Gasteiger partial charge in [0, 0.05) is 0 Å². The van der Waals surface area contributed by atoms with Crippen LogP contribution in [0.5, 0.6) is 0 Å². The molecule has 0 aromatic rings. The van der Waals surface area contributed by atoms with Crippen molar-refractivity contribution in [2.75, 3.05) is 0 Å². The van der Waals surface area contributed by atoms with Crippen molar-refractivity contribution in [1.29, 1.82) is 0 Å². The highest BCUT2D eigenvalue weighted by Crippen LogP contribution is 2.11. The Bertz CT molecular complexity index is 120. The van der Waals surface area contributed by atoms with Crippen LogP contribution in [0.25, 0.3) is 0 Å². The van der Waals surface area contributed by atoms with Crippen molar-refractivity contribution < 1.29 is 0 Å². The van der Waals surface area contributed by atoms with Crippen molar-refractivity contribution in [2.45, 2.75) is 39.5 Å². The second kappa shape index (κ2) is 6.21. The first-order chi connectivity index (χ1) is 5.16. The molecule has 0 heteroatoms. The van der Waals surface area contributed by atoms with Gasteiger partial charge in [0.2, 0.25) is 0 Å². The lowest BCUT2D eigenvalue weighted by molar-refractivity contribution is 0.539. The lowest BCUT2D eigenvalue weighted by Gasteiger charge is -2.03. The maximum absolute atomic E-state index is 3.87. The first-order valence-corrected chi connectivity index (χ1v) is 4.47. The van der Waals surface area contributed by atoms with Gasteiger partial charge in [-0.05, 0) is 18.8 Å². The SMILES string of the molecule is C=CC(=C)CCCCC(C)C. The molecule has 0 N–H and O–H groups in total. The summed E-state index contributed by atoms with van der Waals surface area (Å²) >= 11 is 0. The largest absolute Gasteiger partial charge is 0.0988 e. The van der Waals surface area contributed by atoms with Crippen LogP contribution in [0.1, 0.15) is 39.5 Å². The first kappa shape index (κ1) is 10.5. The minimum atomic E-state index is 0.840. The highest BCUT2D eigenvalue weighted by atomic mass is 14.0. The van der Waals surface area contributed by atoms with E-state index in [0.717, 1.165) is 12.3 Å². The van der Waals surface area contributed by atoms with E-state index in [1.54, 1.807) is 0 Å². The van der Waals surface area contributed by atoms with Crippen LogP contribution in [0.4, 0.5) is 0 Å². The zero-order chi connectivity index (χ0) is 8.69. The Kier molecular flexibility index (Phi) is 5.91. The summed E-state index contributed by atoms with van der Waals surface area (Å²) in [6.45, 7) is 12.1. The third-order valence-corrected chi connectivity index (χ3v) is 1.82.